The minimum Gasteiger partial charge on any atom is -0.460 e. The fourth-order valence-electron chi connectivity index (χ4n) is 2.44. The van der Waals surface area contributed by atoms with E-state index in [1.54, 1.807) is 40.0 Å². The Labute approximate surface area is 139 Å². The van der Waals surface area contributed by atoms with E-state index in [1.807, 2.05) is 13.0 Å². The molecule has 5 heteroatoms. The van der Waals surface area contributed by atoms with Crippen LogP contribution >= 0.6 is 0 Å². The van der Waals surface area contributed by atoms with Crippen LogP contribution in [0.2, 0.25) is 0 Å². The fraction of sp³-hybridized carbons (Fsp3) is 0.722. The first kappa shape index (κ1) is 19.9. The van der Waals surface area contributed by atoms with Crippen LogP contribution in [0.15, 0.2) is 23.8 Å². The summed E-state index contributed by atoms with van der Waals surface area (Å²) in [7, 11) is 1.61. The summed E-state index contributed by atoms with van der Waals surface area (Å²) in [5, 5.41) is 20.8. The number of cyclic esters (lactones) is 1. The van der Waals surface area contributed by atoms with E-state index in [0.717, 1.165) is 5.57 Å². The summed E-state index contributed by atoms with van der Waals surface area (Å²) in [6, 6.07) is 0. The number of allylic oxidation sites excluding steroid dienone is 1. The average molecular weight is 326 g/mol. The molecule has 1 aliphatic rings. The van der Waals surface area contributed by atoms with Crippen molar-refractivity contribution in [3.05, 3.63) is 23.8 Å². The standard InChI is InChI=1S/C18H30O5/c1-13-7-6-10-18(4,21)14(2)23-16(19)9-12-17(3,20)11-8-15(13)22-5/h7-8,11,14-15,20-21H,6,9-10,12H2,1-5H3/t14-,15+,17-,18-/m1/s1. The monoisotopic (exact) mass is 326 g/mol. The topological polar surface area (TPSA) is 76.0 Å². The second-order valence-electron chi connectivity index (χ2n) is 6.85. The molecule has 1 aliphatic heterocycles. The van der Waals surface area contributed by atoms with Gasteiger partial charge in [-0.1, -0.05) is 18.2 Å². The van der Waals surface area contributed by atoms with Crippen molar-refractivity contribution < 1.29 is 24.5 Å². The molecule has 0 amide bonds. The number of hydrogen-bond acceptors (Lipinski definition) is 5. The average Bonchev–Trinajstić information content (AvgIpc) is 2.44. The Morgan fingerprint density at radius 2 is 1.96 bits per heavy atom. The Kier molecular flexibility index (Phi) is 6.99. The molecule has 2 N–H and O–H groups in total. The quantitative estimate of drug-likeness (QED) is 0.572. The lowest BCUT2D eigenvalue weighted by Gasteiger charge is -2.30. The van der Waals surface area contributed by atoms with Crippen molar-refractivity contribution in [1.29, 1.82) is 0 Å². The fourth-order valence-corrected chi connectivity index (χ4v) is 2.44. The molecule has 0 aliphatic carbocycles. The molecule has 0 aromatic rings. The summed E-state index contributed by atoms with van der Waals surface area (Å²) in [6.07, 6.45) is 6.08. The molecule has 5 nitrogen and oxygen atoms in total. The van der Waals surface area contributed by atoms with Gasteiger partial charge in [-0.3, -0.25) is 4.79 Å². The largest absolute Gasteiger partial charge is 0.460 e. The van der Waals surface area contributed by atoms with Crippen LogP contribution in [0.3, 0.4) is 0 Å². The molecule has 132 valence electrons. The van der Waals surface area contributed by atoms with Crippen LogP contribution in [0.25, 0.3) is 0 Å². The van der Waals surface area contributed by atoms with Gasteiger partial charge in [0.25, 0.3) is 0 Å². The van der Waals surface area contributed by atoms with E-state index in [-0.39, 0.29) is 18.9 Å². The maximum absolute atomic E-state index is 11.9. The molecule has 0 spiro atoms. The van der Waals surface area contributed by atoms with Crippen LogP contribution < -0.4 is 0 Å². The zero-order valence-electron chi connectivity index (χ0n) is 14.8. The van der Waals surface area contributed by atoms with Crippen molar-refractivity contribution in [2.24, 2.45) is 0 Å². The van der Waals surface area contributed by atoms with Crippen LogP contribution in [-0.2, 0) is 14.3 Å². The van der Waals surface area contributed by atoms with Crippen molar-refractivity contribution in [3.63, 3.8) is 0 Å². The molecule has 0 aromatic heterocycles. The number of rotatable bonds is 1. The lowest BCUT2D eigenvalue weighted by Crippen LogP contribution is -2.40. The van der Waals surface area contributed by atoms with E-state index in [9.17, 15) is 15.0 Å². The Bertz CT molecular complexity index is 462. The number of carbonyl (C=O) groups excluding carboxylic acids is 1. The zero-order valence-corrected chi connectivity index (χ0v) is 14.8. The maximum atomic E-state index is 11.9. The molecule has 0 fully saturated rings. The lowest BCUT2D eigenvalue weighted by atomic mass is 9.92. The third kappa shape index (κ3) is 6.45. The second-order valence-corrected chi connectivity index (χ2v) is 6.85. The Hall–Kier alpha value is -1.17. The van der Waals surface area contributed by atoms with Crippen LogP contribution in [0, 0.1) is 0 Å². The van der Waals surface area contributed by atoms with Crippen molar-refractivity contribution in [3.8, 4) is 0 Å². The van der Waals surface area contributed by atoms with Gasteiger partial charge in [0.1, 0.15) is 6.10 Å². The SMILES string of the molecule is CO[C@H]1C=C[C@@](C)(O)CCC(=O)O[C@H](C)[C@](C)(O)CCC=C1C. The Morgan fingerprint density at radius 1 is 1.30 bits per heavy atom. The zero-order chi connectivity index (χ0) is 17.7. The van der Waals surface area contributed by atoms with Gasteiger partial charge in [-0.25, -0.2) is 0 Å². The van der Waals surface area contributed by atoms with Crippen LogP contribution in [0.5, 0.6) is 0 Å². The Morgan fingerprint density at radius 3 is 2.57 bits per heavy atom. The highest BCUT2D eigenvalue weighted by molar-refractivity contribution is 5.69. The van der Waals surface area contributed by atoms with Gasteiger partial charge >= 0.3 is 5.97 Å². The molecular formula is C18H30O5. The van der Waals surface area contributed by atoms with Crippen molar-refractivity contribution in [1.82, 2.24) is 0 Å². The normalized spacial score (nSPS) is 37.7. The van der Waals surface area contributed by atoms with Gasteiger partial charge in [-0.05, 0) is 52.5 Å². The van der Waals surface area contributed by atoms with Crippen LogP contribution in [0.4, 0.5) is 0 Å². The van der Waals surface area contributed by atoms with E-state index >= 15 is 0 Å². The first-order chi connectivity index (χ1) is 10.6. The third-order valence-electron chi connectivity index (χ3n) is 4.47. The molecule has 0 bridgehead atoms. The summed E-state index contributed by atoms with van der Waals surface area (Å²) in [5.74, 6) is -0.418. The molecule has 1 heterocycles. The smallest absolute Gasteiger partial charge is 0.306 e. The molecule has 0 aromatic carbocycles. The third-order valence-corrected chi connectivity index (χ3v) is 4.47. The minimum absolute atomic E-state index is 0.0875. The van der Waals surface area contributed by atoms with Gasteiger partial charge < -0.3 is 19.7 Å². The van der Waals surface area contributed by atoms with Gasteiger partial charge in [0, 0.05) is 13.5 Å². The van der Waals surface area contributed by atoms with Gasteiger partial charge in [-0.2, -0.15) is 0 Å². The van der Waals surface area contributed by atoms with E-state index in [4.69, 9.17) is 9.47 Å². The molecular weight excluding hydrogens is 296 g/mol. The summed E-state index contributed by atoms with van der Waals surface area (Å²) >= 11 is 0. The number of methoxy groups -OCH3 is 1. The minimum atomic E-state index is -1.12. The second kappa shape index (κ2) is 8.08. The highest BCUT2D eigenvalue weighted by atomic mass is 16.6. The summed E-state index contributed by atoms with van der Waals surface area (Å²) < 4.78 is 10.7. The number of ether oxygens (including phenoxy) is 2. The van der Waals surface area contributed by atoms with Crippen molar-refractivity contribution in [2.45, 2.75) is 76.8 Å². The van der Waals surface area contributed by atoms with Gasteiger partial charge in [0.05, 0.1) is 17.3 Å². The number of esters is 1. The van der Waals surface area contributed by atoms with Gasteiger partial charge in [0.15, 0.2) is 0 Å². The summed E-state index contributed by atoms with van der Waals surface area (Å²) in [5.41, 5.74) is -1.21. The summed E-state index contributed by atoms with van der Waals surface area (Å²) in [6.45, 7) is 6.96. The van der Waals surface area contributed by atoms with Crippen molar-refractivity contribution >= 4 is 5.97 Å². The first-order valence-corrected chi connectivity index (χ1v) is 8.10. The van der Waals surface area contributed by atoms with E-state index in [1.165, 1.54) is 0 Å². The summed E-state index contributed by atoms with van der Waals surface area (Å²) in [4.78, 5) is 11.9. The predicted molar refractivity (Wildman–Crippen MR) is 89.0 cm³/mol. The molecule has 4 atom stereocenters. The lowest BCUT2D eigenvalue weighted by molar-refractivity contribution is -0.163. The molecule has 0 saturated carbocycles. The van der Waals surface area contributed by atoms with E-state index in [0.29, 0.717) is 12.8 Å². The highest BCUT2D eigenvalue weighted by Gasteiger charge is 2.31. The van der Waals surface area contributed by atoms with E-state index in [2.05, 4.69) is 0 Å². The van der Waals surface area contributed by atoms with Crippen LogP contribution in [0.1, 0.15) is 53.4 Å². The van der Waals surface area contributed by atoms with Gasteiger partial charge in [-0.15, -0.1) is 0 Å². The predicted octanol–water partition coefficient (Wildman–Crippen LogP) is 2.51. The highest BCUT2D eigenvalue weighted by Crippen LogP contribution is 2.24. The molecule has 23 heavy (non-hydrogen) atoms. The first-order valence-electron chi connectivity index (χ1n) is 8.10. The van der Waals surface area contributed by atoms with E-state index < -0.39 is 23.3 Å². The van der Waals surface area contributed by atoms with Crippen LogP contribution in [-0.4, -0.2) is 46.7 Å². The van der Waals surface area contributed by atoms with Gasteiger partial charge in [0.2, 0.25) is 0 Å². The molecule has 1 rings (SSSR count). The number of hydrogen-bond donors (Lipinski definition) is 2. The molecule has 0 radical (unpaired) electrons. The van der Waals surface area contributed by atoms with Crippen molar-refractivity contribution in [2.75, 3.05) is 7.11 Å². The maximum Gasteiger partial charge on any atom is 0.306 e. The number of carbonyl (C=O) groups is 1. The molecule has 0 saturated heterocycles. The Balaban J connectivity index is 3.02. The molecule has 0 unspecified atom stereocenters. The number of aliphatic hydroxyl groups is 2.